The van der Waals surface area contributed by atoms with Crippen molar-refractivity contribution in [2.45, 2.75) is 37.8 Å². The normalized spacial score (nSPS) is 24.2. The summed E-state index contributed by atoms with van der Waals surface area (Å²) in [6.07, 6.45) is 3.39. The zero-order valence-electron chi connectivity index (χ0n) is 14.4. The van der Waals surface area contributed by atoms with Crippen molar-refractivity contribution in [1.29, 1.82) is 0 Å². The number of ether oxygens (including phenoxy) is 1. The lowest BCUT2D eigenvalue weighted by molar-refractivity contribution is -0.132. The Morgan fingerprint density at radius 3 is 2.84 bits per heavy atom. The molecule has 6 nitrogen and oxygen atoms in total. The van der Waals surface area contributed by atoms with Gasteiger partial charge in [-0.1, -0.05) is 24.3 Å². The Bertz CT molecular complexity index is 686. The number of β-amino-alcohol motifs (C(OH)–C–C–N with tert-alkyl or cyclic N) is 1. The number of amides is 3. The molecule has 6 heteroatoms. The van der Waals surface area contributed by atoms with Crippen LogP contribution in [0.3, 0.4) is 0 Å². The van der Waals surface area contributed by atoms with Crippen LogP contribution in [0, 0.1) is 5.92 Å². The number of rotatable bonds is 8. The number of aliphatic hydroxyl groups is 1. The van der Waals surface area contributed by atoms with Crippen LogP contribution in [0.15, 0.2) is 36.9 Å². The summed E-state index contributed by atoms with van der Waals surface area (Å²) >= 11 is 0. The molecule has 1 aromatic rings. The van der Waals surface area contributed by atoms with Gasteiger partial charge in [-0.25, -0.2) is 4.79 Å². The molecule has 1 aromatic carbocycles. The van der Waals surface area contributed by atoms with Crippen LogP contribution in [0.25, 0.3) is 0 Å². The molecule has 0 aromatic heterocycles. The summed E-state index contributed by atoms with van der Waals surface area (Å²) in [6.45, 7) is 5.41. The minimum Gasteiger partial charge on any atom is -0.491 e. The summed E-state index contributed by atoms with van der Waals surface area (Å²) in [4.78, 5) is 25.8. The van der Waals surface area contributed by atoms with E-state index in [1.807, 2.05) is 24.3 Å². The van der Waals surface area contributed by atoms with Crippen molar-refractivity contribution < 1.29 is 19.4 Å². The second kappa shape index (κ2) is 6.88. The molecule has 2 atom stereocenters. The smallest absolute Gasteiger partial charge is 0.325 e. The van der Waals surface area contributed by atoms with Crippen molar-refractivity contribution in [3.8, 4) is 5.75 Å². The number of imide groups is 1. The fraction of sp³-hybridized carbons (Fsp3) is 0.474. The van der Waals surface area contributed by atoms with Crippen LogP contribution in [-0.2, 0) is 11.2 Å². The first kappa shape index (κ1) is 17.5. The topological polar surface area (TPSA) is 78.9 Å². The van der Waals surface area contributed by atoms with Crippen molar-refractivity contribution in [3.63, 3.8) is 0 Å². The van der Waals surface area contributed by atoms with E-state index in [0.717, 1.165) is 23.3 Å². The number of nitrogens with one attached hydrogen (secondary N) is 1. The molecule has 1 aliphatic heterocycles. The Morgan fingerprint density at radius 1 is 1.44 bits per heavy atom. The number of allylic oxidation sites excluding steroid dienone is 1. The van der Waals surface area contributed by atoms with Crippen molar-refractivity contribution in [1.82, 2.24) is 10.2 Å². The predicted molar refractivity (Wildman–Crippen MR) is 93.2 cm³/mol. The van der Waals surface area contributed by atoms with Gasteiger partial charge in [0.25, 0.3) is 5.91 Å². The maximum Gasteiger partial charge on any atom is 0.325 e. The average molecular weight is 344 g/mol. The molecule has 3 rings (SSSR count). The van der Waals surface area contributed by atoms with Gasteiger partial charge < -0.3 is 15.2 Å². The number of carbonyl (C=O) groups excluding carboxylic acids is 2. The molecule has 1 saturated carbocycles. The van der Waals surface area contributed by atoms with E-state index >= 15 is 0 Å². The molecule has 0 unspecified atom stereocenters. The average Bonchev–Trinajstić information content (AvgIpc) is 3.41. The van der Waals surface area contributed by atoms with Gasteiger partial charge in [-0.3, -0.25) is 9.69 Å². The largest absolute Gasteiger partial charge is 0.491 e. The molecule has 1 saturated heterocycles. The lowest BCUT2D eigenvalue weighted by atomic mass is 9.96. The van der Waals surface area contributed by atoms with Gasteiger partial charge in [0.15, 0.2) is 0 Å². The molecule has 2 N–H and O–H groups in total. The van der Waals surface area contributed by atoms with E-state index in [4.69, 9.17) is 4.74 Å². The molecule has 2 aliphatic rings. The summed E-state index contributed by atoms with van der Waals surface area (Å²) in [5.74, 6) is 0.612. The van der Waals surface area contributed by atoms with Crippen LogP contribution in [0.1, 0.15) is 25.3 Å². The molecule has 25 heavy (non-hydrogen) atoms. The maximum absolute atomic E-state index is 12.5. The monoisotopic (exact) mass is 344 g/mol. The van der Waals surface area contributed by atoms with Gasteiger partial charge in [0.05, 0.1) is 6.54 Å². The number of aliphatic hydroxyl groups excluding tert-OH is 1. The van der Waals surface area contributed by atoms with E-state index in [1.54, 1.807) is 13.0 Å². The van der Waals surface area contributed by atoms with Gasteiger partial charge in [0, 0.05) is 0 Å². The molecule has 134 valence electrons. The fourth-order valence-corrected chi connectivity index (χ4v) is 3.24. The molecule has 0 spiro atoms. The number of hydrogen-bond acceptors (Lipinski definition) is 4. The standard InChI is InChI=1S/C19H24N2O4/c1-3-6-13-7-4-5-8-16(13)25-12-15(22)11-21-17(23)19(2,14-9-10-14)20-18(21)24/h3-5,7-8,14-15,22H,1,6,9-12H2,2H3,(H,20,24)/t15-,19+/m0/s1. The van der Waals surface area contributed by atoms with E-state index in [1.165, 1.54) is 0 Å². The molecule has 0 radical (unpaired) electrons. The minimum atomic E-state index is -0.951. The van der Waals surface area contributed by atoms with Crippen molar-refractivity contribution in [3.05, 3.63) is 42.5 Å². The van der Waals surface area contributed by atoms with Crippen LogP contribution in [-0.4, -0.2) is 46.7 Å². The number of carbonyl (C=O) groups is 2. The van der Waals surface area contributed by atoms with Crippen molar-refractivity contribution in [2.24, 2.45) is 5.92 Å². The summed E-state index contributed by atoms with van der Waals surface area (Å²) in [5.41, 5.74) is 0.148. The lowest BCUT2D eigenvalue weighted by Gasteiger charge is -2.22. The van der Waals surface area contributed by atoms with Crippen LogP contribution in [0.4, 0.5) is 4.79 Å². The van der Waals surface area contributed by atoms with Crippen molar-refractivity contribution >= 4 is 11.9 Å². The third-order valence-corrected chi connectivity index (χ3v) is 4.86. The van der Waals surface area contributed by atoms with Gasteiger partial charge in [-0.2, -0.15) is 0 Å². The molecule has 1 aliphatic carbocycles. The molecule has 0 bridgehead atoms. The highest BCUT2D eigenvalue weighted by Gasteiger charge is 2.56. The zero-order valence-corrected chi connectivity index (χ0v) is 14.4. The first-order chi connectivity index (χ1) is 12.0. The molecule has 3 amide bonds. The van der Waals surface area contributed by atoms with E-state index in [9.17, 15) is 14.7 Å². The van der Waals surface area contributed by atoms with Gasteiger partial charge in [0.2, 0.25) is 0 Å². The third kappa shape index (κ3) is 3.54. The quantitative estimate of drug-likeness (QED) is 0.557. The Hall–Kier alpha value is -2.34. The predicted octanol–water partition coefficient (Wildman–Crippen LogP) is 1.88. The molecular formula is C19H24N2O4. The van der Waals surface area contributed by atoms with Gasteiger partial charge in [0.1, 0.15) is 24.0 Å². The first-order valence-electron chi connectivity index (χ1n) is 8.59. The third-order valence-electron chi connectivity index (χ3n) is 4.86. The lowest BCUT2D eigenvalue weighted by Crippen LogP contribution is -2.46. The number of para-hydroxylation sites is 1. The van der Waals surface area contributed by atoms with Crippen LogP contribution < -0.4 is 10.1 Å². The van der Waals surface area contributed by atoms with Gasteiger partial charge in [-0.15, -0.1) is 6.58 Å². The summed E-state index contributed by atoms with van der Waals surface area (Å²) < 4.78 is 5.68. The maximum atomic E-state index is 12.5. The van der Waals surface area contributed by atoms with Crippen molar-refractivity contribution in [2.75, 3.05) is 13.2 Å². The number of nitrogens with zero attached hydrogens (tertiary/aromatic N) is 1. The number of urea groups is 1. The summed E-state index contributed by atoms with van der Waals surface area (Å²) in [6, 6.07) is 7.08. The Morgan fingerprint density at radius 2 is 2.16 bits per heavy atom. The Kier molecular flexibility index (Phi) is 4.81. The van der Waals surface area contributed by atoms with Crippen LogP contribution in [0.2, 0.25) is 0 Å². The van der Waals surface area contributed by atoms with E-state index in [2.05, 4.69) is 11.9 Å². The van der Waals surface area contributed by atoms with E-state index in [-0.39, 0.29) is 25.0 Å². The second-order valence-electron chi connectivity index (χ2n) is 6.89. The molecule has 2 fully saturated rings. The van der Waals surface area contributed by atoms with Gasteiger partial charge >= 0.3 is 6.03 Å². The fourth-order valence-electron chi connectivity index (χ4n) is 3.24. The highest BCUT2D eigenvalue weighted by atomic mass is 16.5. The first-order valence-corrected chi connectivity index (χ1v) is 8.59. The van der Waals surface area contributed by atoms with Crippen LogP contribution >= 0.6 is 0 Å². The highest BCUT2D eigenvalue weighted by Crippen LogP contribution is 2.42. The Labute approximate surface area is 147 Å². The Balaban J connectivity index is 1.58. The highest BCUT2D eigenvalue weighted by molar-refractivity contribution is 6.07. The van der Waals surface area contributed by atoms with Crippen LogP contribution in [0.5, 0.6) is 5.75 Å². The van der Waals surface area contributed by atoms with E-state index < -0.39 is 17.7 Å². The molecule has 1 heterocycles. The number of hydrogen-bond donors (Lipinski definition) is 2. The molecular weight excluding hydrogens is 320 g/mol. The second-order valence-corrected chi connectivity index (χ2v) is 6.89. The summed E-state index contributed by atoms with van der Waals surface area (Å²) in [7, 11) is 0. The zero-order chi connectivity index (χ0) is 18.0. The summed E-state index contributed by atoms with van der Waals surface area (Å²) in [5, 5.41) is 13.0. The SMILES string of the molecule is C=CCc1ccccc1OC[C@@H](O)CN1C(=O)N[C@](C)(C2CC2)C1=O. The van der Waals surface area contributed by atoms with Gasteiger partial charge in [-0.05, 0) is 43.7 Å². The number of benzene rings is 1. The van der Waals surface area contributed by atoms with E-state index in [0.29, 0.717) is 12.2 Å². The minimum absolute atomic E-state index is 0.00532.